The molecule has 1 aliphatic heterocycles. The number of alkyl halides is 6. The zero-order valence-corrected chi connectivity index (χ0v) is 21.1. The van der Waals surface area contributed by atoms with E-state index in [1.807, 2.05) is 27.7 Å². The van der Waals surface area contributed by atoms with E-state index in [9.17, 15) is 31.1 Å². The van der Waals surface area contributed by atoms with Gasteiger partial charge in [0.05, 0.1) is 17.8 Å². The molecule has 3 N–H and O–H groups in total. The predicted molar refractivity (Wildman–Crippen MR) is 129 cm³/mol. The van der Waals surface area contributed by atoms with Gasteiger partial charge in [-0.1, -0.05) is 12.8 Å². The summed E-state index contributed by atoms with van der Waals surface area (Å²) in [4.78, 5) is 41.3. The molecule has 0 bridgehead atoms. The Labute approximate surface area is 227 Å². The normalized spacial score (nSPS) is 15.2. The van der Waals surface area contributed by atoms with Crippen LogP contribution in [0.1, 0.15) is 47.3 Å². The van der Waals surface area contributed by atoms with Gasteiger partial charge in [-0.3, -0.25) is 9.78 Å². The molecule has 1 aliphatic carbocycles. The van der Waals surface area contributed by atoms with Gasteiger partial charge in [0.1, 0.15) is 5.82 Å². The van der Waals surface area contributed by atoms with Crippen molar-refractivity contribution in [1.82, 2.24) is 24.5 Å². The highest BCUT2D eigenvalue weighted by molar-refractivity contribution is 5.94. The summed E-state index contributed by atoms with van der Waals surface area (Å²) in [5, 5.41) is 22.5. The Morgan fingerprint density at radius 3 is 2.12 bits per heavy atom. The van der Waals surface area contributed by atoms with E-state index < -0.39 is 24.3 Å². The summed E-state index contributed by atoms with van der Waals surface area (Å²) in [5.41, 5.74) is 3.55. The van der Waals surface area contributed by atoms with Crippen LogP contribution in [-0.2, 0) is 22.6 Å². The lowest BCUT2D eigenvalue weighted by Gasteiger charge is -2.26. The molecule has 11 nitrogen and oxygen atoms in total. The molecule has 2 aliphatic rings. The molecule has 3 aromatic heterocycles. The number of rotatable bonds is 3. The van der Waals surface area contributed by atoms with E-state index in [-0.39, 0.29) is 5.91 Å². The number of hydrogen-bond acceptors (Lipinski definition) is 7. The van der Waals surface area contributed by atoms with Crippen LogP contribution in [0.25, 0.3) is 5.65 Å². The summed E-state index contributed by atoms with van der Waals surface area (Å²) >= 11 is 0. The number of aliphatic carboxylic acids is 2. The molecule has 3 aromatic rings. The van der Waals surface area contributed by atoms with Gasteiger partial charge >= 0.3 is 24.3 Å². The van der Waals surface area contributed by atoms with E-state index in [0.717, 1.165) is 29.1 Å². The summed E-state index contributed by atoms with van der Waals surface area (Å²) in [7, 11) is 0. The van der Waals surface area contributed by atoms with Crippen LogP contribution in [0.15, 0.2) is 36.8 Å². The summed E-state index contributed by atoms with van der Waals surface area (Å²) in [6, 6.07) is 6.10. The van der Waals surface area contributed by atoms with Crippen molar-refractivity contribution < 1.29 is 50.9 Å². The average Bonchev–Trinajstić information content (AvgIpc) is 3.55. The summed E-state index contributed by atoms with van der Waals surface area (Å²) in [6.45, 7) is 1.20. The standard InChI is InChI=1S/C20H22N6O.2C2HF3O2/c27-20(14-4-3-9-21-12-14)25-10-7-17-16(13-25)19-23-18(8-11-26(19)24-17)22-15-5-1-2-6-15;2*3-2(4,5)1(6)7/h3-4,8-9,11-12,15H,1-2,5-7,10,13H2,(H,22,23);2*(H,6,7). The third kappa shape index (κ3) is 8.52. The zero-order chi connectivity index (χ0) is 30.4. The van der Waals surface area contributed by atoms with Gasteiger partial charge in [0.25, 0.3) is 5.91 Å². The van der Waals surface area contributed by atoms with Gasteiger partial charge < -0.3 is 20.4 Å². The van der Waals surface area contributed by atoms with Crippen LogP contribution >= 0.6 is 0 Å². The Kier molecular flexibility index (Phi) is 9.72. The first-order valence-corrected chi connectivity index (χ1v) is 12.1. The second-order valence-corrected chi connectivity index (χ2v) is 8.96. The molecular weight excluding hydrogens is 566 g/mol. The van der Waals surface area contributed by atoms with Gasteiger partial charge in [0, 0.05) is 43.2 Å². The number of carbonyl (C=O) groups excluding carboxylic acids is 1. The van der Waals surface area contributed by atoms with Crippen molar-refractivity contribution in [3.63, 3.8) is 0 Å². The molecule has 41 heavy (non-hydrogen) atoms. The first-order chi connectivity index (χ1) is 19.2. The lowest BCUT2D eigenvalue weighted by Crippen LogP contribution is -2.35. The quantitative estimate of drug-likeness (QED) is 0.386. The van der Waals surface area contributed by atoms with E-state index >= 15 is 0 Å². The fourth-order valence-corrected chi connectivity index (χ4v) is 4.10. The topological polar surface area (TPSA) is 150 Å². The molecular formula is C24H24F6N6O5. The smallest absolute Gasteiger partial charge is 0.475 e. The highest BCUT2D eigenvalue weighted by Crippen LogP contribution is 2.26. The zero-order valence-electron chi connectivity index (χ0n) is 21.1. The van der Waals surface area contributed by atoms with E-state index in [0.29, 0.717) is 24.7 Å². The van der Waals surface area contributed by atoms with Crippen LogP contribution in [-0.4, -0.2) is 77.5 Å². The molecule has 1 amide bonds. The molecule has 1 saturated carbocycles. The van der Waals surface area contributed by atoms with Gasteiger partial charge in [0.2, 0.25) is 0 Å². The molecule has 1 fully saturated rings. The Hall–Kier alpha value is -4.44. The van der Waals surface area contributed by atoms with Crippen molar-refractivity contribution >= 4 is 29.3 Å². The Morgan fingerprint density at radius 2 is 1.59 bits per heavy atom. The number of aromatic nitrogens is 4. The molecule has 0 spiro atoms. The number of amides is 1. The monoisotopic (exact) mass is 590 g/mol. The fraction of sp³-hybridized carbons (Fsp3) is 0.417. The molecule has 17 heteroatoms. The van der Waals surface area contributed by atoms with Crippen LogP contribution in [0.4, 0.5) is 32.2 Å². The number of carboxylic acid groups (broad SMARTS) is 2. The molecule has 0 radical (unpaired) electrons. The third-order valence-corrected chi connectivity index (χ3v) is 6.02. The van der Waals surface area contributed by atoms with Crippen molar-refractivity contribution in [3.8, 4) is 0 Å². The molecule has 4 heterocycles. The number of nitrogens with zero attached hydrogens (tertiary/aromatic N) is 5. The molecule has 0 unspecified atom stereocenters. The van der Waals surface area contributed by atoms with E-state index in [2.05, 4.69) is 15.4 Å². The van der Waals surface area contributed by atoms with Crippen molar-refractivity contribution in [2.75, 3.05) is 11.9 Å². The largest absolute Gasteiger partial charge is 0.490 e. The Bertz CT molecular complexity index is 1350. The van der Waals surface area contributed by atoms with E-state index in [1.54, 1.807) is 18.5 Å². The molecule has 0 saturated heterocycles. The Balaban J connectivity index is 0.000000276. The lowest BCUT2D eigenvalue weighted by atomic mass is 10.1. The second kappa shape index (κ2) is 12.8. The van der Waals surface area contributed by atoms with Gasteiger partial charge in [-0.25, -0.2) is 19.1 Å². The van der Waals surface area contributed by atoms with Crippen molar-refractivity contribution in [3.05, 3.63) is 53.6 Å². The molecule has 5 rings (SSSR count). The van der Waals surface area contributed by atoms with E-state index in [1.165, 1.54) is 25.7 Å². The SMILES string of the molecule is O=C(O)C(F)(F)F.O=C(O)C(F)(F)F.O=C(c1cccnc1)N1CCc2nn3ccc(NC4CCCC4)nc3c2C1. The number of fused-ring (bicyclic) bond motifs is 3. The number of anilines is 1. The number of halogens is 6. The maximum atomic E-state index is 12.8. The van der Waals surface area contributed by atoms with Crippen molar-refractivity contribution in [2.45, 2.75) is 57.0 Å². The average molecular weight is 590 g/mol. The first-order valence-electron chi connectivity index (χ1n) is 12.1. The molecule has 0 atom stereocenters. The van der Waals surface area contributed by atoms with Gasteiger partial charge in [-0.15, -0.1) is 0 Å². The maximum Gasteiger partial charge on any atom is 0.490 e. The molecule has 0 aromatic carbocycles. The van der Waals surface area contributed by atoms with Crippen molar-refractivity contribution in [2.24, 2.45) is 0 Å². The van der Waals surface area contributed by atoms with E-state index in [4.69, 9.17) is 24.8 Å². The second-order valence-electron chi connectivity index (χ2n) is 8.96. The number of carbonyl (C=O) groups is 3. The lowest BCUT2D eigenvalue weighted by molar-refractivity contribution is -0.193. The van der Waals surface area contributed by atoms with Crippen LogP contribution in [0, 0.1) is 0 Å². The minimum Gasteiger partial charge on any atom is -0.475 e. The number of carboxylic acids is 2. The number of hydrogen-bond donors (Lipinski definition) is 3. The van der Waals surface area contributed by atoms with Gasteiger partial charge in [-0.05, 0) is 31.0 Å². The summed E-state index contributed by atoms with van der Waals surface area (Å²) in [6.07, 6.45) is 0.826. The fourth-order valence-electron chi connectivity index (χ4n) is 4.10. The highest BCUT2D eigenvalue weighted by Gasteiger charge is 2.39. The van der Waals surface area contributed by atoms with Crippen LogP contribution in [0.3, 0.4) is 0 Å². The minimum absolute atomic E-state index is 0.00772. The third-order valence-electron chi connectivity index (χ3n) is 6.02. The van der Waals surface area contributed by atoms with Crippen LogP contribution < -0.4 is 5.32 Å². The van der Waals surface area contributed by atoms with Crippen LogP contribution in [0.2, 0.25) is 0 Å². The summed E-state index contributed by atoms with van der Waals surface area (Å²) < 4.78 is 65.3. The highest BCUT2D eigenvalue weighted by atomic mass is 19.4. The summed E-state index contributed by atoms with van der Waals surface area (Å²) in [5.74, 6) is -4.61. The maximum absolute atomic E-state index is 12.8. The number of pyridine rings is 1. The predicted octanol–water partition coefficient (Wildman–Crippen LogP) is 3.94. The van der Waals surface area contributed by atoms with Crippen molar-refractivity contribution in [1.29, 1.82) is 0 Å². The molecule has 222 valence electrons. The van der Waals surface area contributed by atoms with Crippen LogP contribution in [0.5, 0.6) is 0 Å². The first kappa shape index (κ1) is 31.1. The minimum atomic E-state index is -5.08. The van der Waals surface area contributed by atoms with Gasteiger partial charge in [-0.2, -0.15) is 31.4 Å². The van der Waals surface area contributed by atoms with Gasteiger partial charge in [0.15, 0.2) is 5.65 Å². The Morgan fingerprint density at radius 1 is 0.976 bits per heavy atom. The number of nitrogens with one attached hydrogen (secondary N) is 1.